The largest absolute Gasteiger partial charge is 0.452 e. The number of ether oxygens (including phenoxy) is 1. The summed E-state index contributed by atoms with van der Waals surface area (Å²) in [5, 5.41) is 2.15. The molecule has 0 bridgehead atoms. The minimum atomic E-state index is -1.23. The third-order valence-corrected chi connectivity index (χ3v) is 2.69. The Labute approximate surface area is 127 Å². The molecule has 0 heterocycles. The topological polar surface area (TPSA) is 55.4 Å². The molecule has 0 saturated carbocycles. The van der Waals surface area contributed by atoms with Crippen LogP contribution in [-0.4, -0.2) is 18.5 Å². The highest BCUT2D eigenvalue weighted by molar-refractivity contribution is 5.95. The summed E-state index contributed by atoms with van der Waals surface area (Å²) in [6.45, 7) is -0.812. The van der Waals surface area contributed by atoms with Crippen molar-refractivity contribution in [2.75, 3.05) is 11.9 Å². The fourth-order valence-corrected chi connectivity index (χ4v) is 1.63. The molecule has 0 atom stereocenters. The third kappa shape index (κ3) is 4.29. The van der Waals surface area contributed by atoms with Gasteiger partial charge in [0.2, 0.25) is 0 Å². The molecule has 120 valence electrons. The molecule has 0 unspecified atom stereocenters. The monoisotopic (exact) mass is 327 g/mol. The van der Waals surface area contributed by atoms with Crippen molar-refractivity contribution in [2.24, 2.45) is 0 Å². The second-order valence-corrected chi connectivity index (χ2v) is 4.38. The lowest BCUT2D eigenvalue weighted by atomic mass is 10.2. The number of halogens is 4. The van der Waals surface area contributed by atoms with E-state index in [1.54, 1.807) is 0 Å². The molecule has 2 aromatic carbocycles. The summed E-state index contributed by atoms with van der Waals surface area (Å²) < 4.78 is 56.5. The zero-order chi connectivity index (χ0) is 17.0. The Bertz CT molecular complexity index is 764. The molecular formula is C15H9F4NO3. The number of rotatable bonds is 4. The van der Waals surface area contributed by atoms with Crippen molar-refractivity contribution >= 4 is 17.6 Å². The minimum absolute atomic E-state index is 0.0538. The van der Waals surface area contributed by atoms with Crippen LogP contribution in [0.3, 0.4) is 0 Å². The second kappa shape index (κ2) is 6.91. The van der Waals surface area contributed by atoms with E-state index in [0.29, 0.717) is 6.07 Å². The molecular weight excluding hydrogens is 318 g/mol. The van der Waals surface area contributed by atoms with Crippen LogP contribution in [0.1, 0.15) is 10.4 Å². The molecule has 0 spiro atoms. The number of esters is 1. The molecule has 1 amide bonds. The van der Waals surface area contributed by atoms with E-state index in [-0.39, 0.29) is 5.69 Å². The summed E-state index contributed by atoms with van der Waals surface area (Å²) >= 11 is 0. The van der Waals surface area contributed by atoms with E-state index >= 15 is 0 Å². The Balaban J connectivity index is 1.94. The van der Waals surface area contributed by atoms with Crippen LogP contribution in [0.25, 0.3) is 0 Å². The number of anilines is 1. The first-order chi connectivity index (χ1) is 10.9. The van der Waals surface area contributed by atoms with Gasteiger partial charge in [0, 0.05) is 11.8 Å². The Morgan fingerprint density at radius 1 is 0.913 bits per heavy atom. The van der Waals surface area contributed by atoms with E-state index in [2.05, 4.69) is 10.1 Å². The lowest BCUT2D eigenvalue weighted by Crippen LogP contribution is -2.21. The van der Waals surface area contributed by atoms with Crippen molar-refractivity contribution < 1.29 is 31.9 Å². The number of carbonyl (C=O) groups is 2. The van der Waals surface area contributed by atoms with E-state index in [0.717, 1.165) is 30.3 Å². The first-order valence-electron chi connectivity index (χ1n) is 6.24. The molecule has 0 aliphatic carbocycles. The average Bonchev–Trinajstić information content (AvgIpc) is 2.51. The number of benzene rings is 2. The van der Waals surface area contributed by atoms with Gasteiger partial charge in [-0.3, -0.25) is 4.79 Å². The van der Waals surface area contributed by atoms with Crippen LogP contribution in [0, 0.1) is 23.3 Å². The zero-order valence-electron chi connectivity index (χ0n) is 11.4. The van der Waals surface area contributed by atoms with Gasteiger partial charge in [-0.05, 0) is 30.3 Å². The number of carbonyl (C=O) groups excluding carboxylic acids is 2. The van der Waals surface area contributed by atoms with Gasteiger partial charge >= 0.3 is 5.97 Å². The highest BCUT2D eigenvalue weighted by Crippen LogP contribution is 2.13. The smallest absolute Gasteiger partial charge is 0.341 e. The molecule has 0 aliphatic rings. The fourth-order valence-electron chi connectivity index (χ4n) is 1.63. The lowest BCUT2D eigenvalue weighted by Gasteiger charge is -2.07. The fraction of sp³-hybridized carbons (Fsp3) is 0.0667. The molecule has 1 N–H and O–H groups in total. The number of hydrogen-bond acceptors (Lipinski definition) is 3. The van der Waals surface area contributed by atoms with Gasteiger partial charge in [-0.25, -0.2) is 22.4 Å². The summed E-state index contributed by atoms with van der Waals surface area (Å²) in [5.74, 6) is -6.19. The van der Waals surface area contributed by atoms with E-state index in [9.17, 15) is 27.2 Å². The molecule has 2 aromatic rings. The number of nitrogens with one attached hydrogen (secondary N) is 1. The van der Waals surface area contributed by atoms with Crippen LogP contribution in [-0.2, 0) is 9.53 Å². The Morgan fingerprint density at radius 2 is 1.61 bits per heavy atom. The zero-order valence-corrected chi connectivity index (χ0v) is 11.4. The maximum atomic E-state index is 13.3. The summed E-state index contributed by atoms with van der Waals surface area (Å²) in [6.07, 6.45) is 0. The molecule has 8 heteroatoms. The minimum Gasteiger partial charge on any atom is -0.452 e. The molecule has 0 radical (unpaired) electrons. The van der Waals surface area contributed by atoms with Gasteiger partial charge in [-0.1, -0.05) is 0 Å². The van der Waals surface area contributed by atoms with Gasteiger partial charge in [0.05, 0.1) is 5.56 Å². The number of hydrogen-bond donors (Lipinski definition) is 1. The lowest BCUT2D eigenvalue weighted by molar-refractivity contribution is -0.119. The maximum Gasteiger partial charge on any atom is 0.341 e. The van der Waals surface area contributed by atoms with Crippen molar-refractivity contribution in [3.8, 4) is 0 Å². The molecule has 0 aromatic heterocycles. The Morgan fingerprint density at radius 3 is 2.30 bits per heavy atom. The molecule has 0 aliphatic heterocycles. The van der Waals surface area contributed by atoms with Crippen LogP contribution in [0.15, 0.2) is 36.4 Å². The van der Waals surface area contributed by atoms with Crippen LogP contribution in [0.2, 0.25) is 0 Å². The van der Waals surface area contributed by atoms with Crippen molar-refractivity contribution in [3.63, 3.8) is 0 Å². The average molecular weight is 327 g/mol. The number of amides is 1. The first-order valence-corrected chi connectivity index (χ1v) is 6.24. The normalized spacial score (nSPS) is 10.3. The van der Waals surface area contributed by atoms with E-state index < -0.39 is 47.3 Å². The van der Waals surface area contributed by atoms with Gasteiger partial charge in [-0.15, -0.1) is 0 Å². The summed E-state index contributed by atoms with van der Waals surface area (Å²) in [6, 6.07) is 4.84. The first kappa shape index (κ1) is 16.5. The SMILES string of the molecule is O=C(COC(=O)c1cc(F)ccc1F)Nc1ccc(F)c(F)c1. The van der Waals surface area contributed by atoms with Crippen molar-refractivity contribution in [3.05, 3.63) is 65.2 Å². The van der Waals surface area contributed by atoms with Gasteiger partial charge in [0.25, 0.3) is 5.91 Å². The van der Waals surface area contributed by atoms with Gasteiger partial charge in [-0.2, -0.15) is 0 Å². The maximum absolute atomic E-state index is 13.3. The van der Waals surface area contributed by atoms with Gasteiger partial charge < -0.3 is 10.1 Å². The van der Waals surface area contributed by atoms with Crippen LogP contribution >= 0.6 is 0 Å². The highest BCUT2D eigenvalue weighted by Gasteiger charge is 2.16. The molecule has 2 rings (SSSR count). The predicted octanol–water partition coefficient (Wildman–Crippen LogP) is 3.04. The standard InChI is InChI=1S/C15H9F4NO3/c16-8-1-3-11(17)10(5-8)15(22)23-7-14(21)20-9-2-4-12(18)13(19)6-9/h1-6H,7H2,(H,20,21). The summed E-state index contributed by atoms with van der Waals surface area (Å²) in [5.41, 5.74) is -0.715. The molecule has 0 saturated heterocycles. The third-order valence-electron chi connectivity index (χ3n) is 2.69. The second-order valence-electron chi connectivity index (χ2n) is 4.38. The van der Waals surface area contributed by atoms with Crippen molar-refractivity contribution in [1.82, 2.24) is 0 Å². The van der Waals surface area contributed by atoms with Gasteiger partial charge in [0.15, 0.2) is 18.2 Å². The van der Waals surface area contributed by atoms with Crippen molar-refractivity contribution in [2.45, 2.75) is 0 Å². The van der Waals surface area contributed by atoms with Crippen LogP contribution < -0.4 is 5.32 Å². The van der Waals surface area contributed by atoms with Crippen molar-refractivity contribution in [1.29, 1.82) is 0 Å². The summed E-state index contributed by atoms with van der Waals surface area (Å²) in [4.78, 5) is 23.1. The summed E-state index contributed by atoms with van der Waals surface area (Å²) in [7, 11) is 0. The Hall–Kier alpha value is -2.90. The van der Waals surface area contributed by atoms with E-state index in [4.69, 9.17) is 0 Å². The van der Waals surface area contributed by atoms with E-state index in [1.165, 1.54) is 0 Å². The van der Waals surface area contributed by atoms with E-state index in [1.807, 2.05) is 0 Å². The van der Waals surface area contributed by atoms with Crippen LogP contribution in [0.4, 0.5) is 23.2 Å². The van der Waals surface area contributed by atoms with Gasteiger partial charge in [0.1, 0.15) is 11.6 Å². The van der Waals surface area contributed by atoms with Crippen LogP contribution in [0.5, 0.6) is 0 Å². The predicted molar refractivity (Wildman–Crippen MR) is 71.6 cm³/mol. The molecule has 0 fully saturated rings. The quantitative estimate of drug-likeness (QED) is 0.694. The Kier molecular flexibility index (Phi) is 4.95. The molecule has 23 heavy (non-hydrogen) atoms. The molecule has 4 nitrogen and oxygen atoms in total. The highest BCUT2D eigenvalue weighted by atomic mass is 19.2.